The molecule has 3 rings (SSSR count). The summed E-state index contributed by atoms with van der Waals surface area (Å²) in [7, 11) is 0. The Hall–Kier alpha value is -1.84. The van der Waals surface area contributed by atoms with Gasteiger partial charge in [-0.25, -0.2) is 4.98 Å². The third-order valence-electron chi connectivity index (χ3n) is 3.31. The number of imidazole rings is 1. The Labute approximate surface area is 99.7 Å². The van der Waals surface area contributed by atoms with E-state index in [1.807, 2.05) is 36.6 Å². The van der Waals surface area contributed by atoms with Crippen LogP contribution in [0.3, 0.4) is 0 Å². The molecule has 2 aromatic heterocycles. The van der Waals surface area contributed by atoms with Gasteiger partial charge in [0.2, 0.25) is 5.91 Å². The first-order valence-electron chi connectivity index (χ1n) is 5.91. The van der Waals surface area contributed by atoms with Crippen LogP contribution in [0, 0.1) is 19.8 Å². The van der Waals surface area contributed by atoms with Crippen LogP contribution in [0.2, 0.25) is 0 Å². The number of aryl methyl sites for hydroxylation is 2. The van der Waals surface area contributed by atoms with Crippen molar-refractivity contribution in [3.63, 3.8) is 0 Å². The minimum absolute atomic E-state index is 0.138. The molecule has 1 amide bonds. The molecule has 88 valence electrons. The first-order valence-corrected chi connectivity index (χ1v) is 5.91. The average molecular weight is 229 g/mol. The fraction of sp³-hybridized carbons (Fsp3) is 0.385. The smallest absolute Gasteiger partial charge is 0.227 e. The normalized spacial score (nSPS) is 15.2. The fourth-order valence-electron chi connectivity index (χ4n) is 1.94. The maximum atomic E-state index is 11.7. The van der Waals surface area contributed by atoms with Crippen LogP contribution in [-0.2, 0) is 4.79 Å². The van der Waals surface area contributed by atoms with Crippen molar-refractivity contribution in [1.29, 1.82) is 0 Å². The highest BCUT2D eigenvalue weighted by atomic mass is 16.2. The molecule has 0 atom stereocenters. The average Bonchev–Trinajstić information content (AvgIpc) is 3.10. The van der Waals surface area contributed by atoms with Gasteiger partial charge in [0.05, 0.1) is 11.4 Å². The van der Waals surface area contributed by atoms with Gasteiger partial charge in [0, 0.05) is 17.8 Å². The number of fused-ring (bicyclic) bond motifs is 1. The molecule has 0 bridgehead atoms. The Morgan fingerprint density at radius 3 is 2.88 bits per heavy atom. The minimum Gasteiger partial charge on any atom is -0.325 e. The molecule has 1 N–H and O–H groups in total. The third-order valence-corrected chi connectivity index (χ3v) is 3.31. The summed E-state index contributed by atoms with van der Waals surface area (Å²) in [4.78, 5) is 16.1. The number of carbonyl (C=O) groups is 1. The zero-order valence-corrected chi connectivity index (χ0v) is 10.0. The Kier molecular flexibility index (Phi) is 2.18. The topological polar surface area (TPSA) is 46.4 Å². The zero-order chi connectivity index (χ0) is 12.0. The van der Waals surface area contributed by atoms with Crippen molar-refractivity contribution >= 4 is 17.2 Å². The lowest BCUT2D eigenvalue weighted by Gasteiger charge is -2.05. The van der Waals surface area contributed by atoms with Gasteiger partial charge >= 0.3 is 0 Å². The maximum Gasteiger partial charge on any atom is 0.227 e. The lowest BCUT2D eigenvalue weighted by atomic mass is 10.3. The molecule has 0 aliphatic heterocycles. The molecule has 1 fully saturated rings. The molecule has 0 radical (unpaired) electrons. The van der Waals surface area contributed by atoms with Crippen molar-refractivity contribution in [2.24, 2.45) is 5.92 Å². The van der Waals surface area contributed by atoms with Gasteiger partial charge in [-0.05, 0) is 38.8 Å². The highest BCUT2D eigenvalue weighted by Crippen LogP contribution is 2.30. The highest BCUT2D eigenvalue weighted by Gasteiger charge is 2.29. The summed E-state index contributed by atoms with van der Waals surface area (Å²) in [6.45, 7) is 4.02. The monoisotopic (exact) mass is 229 g/mol. The number of anilines is 1. The number of nitrogens with zero attached hydrogens (tertiary/aromatic N) is 2. The molecule has 0 aromatic carbocycles. The fourth-order valence-corrected chi connectivity index (χ4v) is 1.94. The van der Waals surface area contributed by atoms with Gasteiger partial charge in [-0.15, -0.1) is 0 Å². The van der Waals surface area contributed by atoms with Gasteiger partial charge in [0.1, 0.15) is 5.65 Å². The lowest BCUT2D eigenvalue weighted by molar-refractivity contribution is -0.117. The molecule has 0 saturated heterocycles. The first-order chi connectivity index (χ1) is 8.15. The molecule has 4 heteroatoms. The SMILES string of the molecule is Cc1nc2ccc(NC(=O)C3CC3)cn2c1C. The predicted molar refractivity (Wildman–Crippen MR) is 66.0 cm³/mol. The van der Waals surface area contributed by atoms with E-state index in [1.54, 1.807) is 0 Å². The van der Waals surface area contributed by atoms with E-state index in [0.717, 1.165) is 35.6 Å². The largest absolute Gasteiger partial charge is 0.325 e. The van der Waals surface area contributed by atoms with E-state index >= 15 is 0 Å². The lowest BCUT2D eigenvalue weighted by Crippen LogP contribution is -2.13. The number of hydrogen-bond acceptors (Lipinski definition) is 2. The number of rotatable bonds is 2. The molecular weight excluding hydrogens is 214 g/mol. The van der Waals surface area contributed by atoms with Gasteiger partial charge < -0.3 is 9.72 Å². The predicted octanol–water partition coefficient (Wildman–Crippen LogP) is 2.30. The summed E-state index contributed by atoms with van der Waals surface area (Å²) in [6, 6.07) is 3.84. The molecule has 1 aliphatic rings. The Bertz CT molecular complexity index is 596. The molecule has 0 unspecified atom stereocenters. The molecule has 2 heterocycles. The first kappa shape index (κ1) is 10.3. The van der Waals surface area contributed by atoms with E-state index in [0.29, 0.717) is 0 Å². The van der Waals surface area contributed by atoms with Crippen LogP contribution in [0.15, 0.2) is 18.3 Å². The Balaban J connectivity index is 1.94. The van der Waals surface area contributed by atoms with Crippen LogP contribution in [0.25, 0.3) is 5.65 Å². The van der Waals surface area contributed by atoms with Gasteiger partial charge in [-0.1, -0.05) is 0 Å². The van der Waals surface area contributed by atoms with E-state index in [-0.39, 0.29) is 11.8 Å². The molecule has 4 nitrogen and oxygen atoms in total. The van der Waals surface area contributed by atoms with E-state index in [1.165, 1.54) is 0 Å². The van der Waals surface area contributed by atoms with Crippen molar-refractivity contribution in [2.75, 3.05) is 5.32 Å². The molecule has 2 aromatic rings. The summed E-state index contributed by atoms with van der Waals surface area (Å²) in [5.41, 5.74) is 3.90. The number of hydrogen-bond donors (Lipinski definition) is 1. The summed E-state index contributed by atoms with van der Waals surface area (Å²) in [5.74, 6) is 0.371. The molecule has 17 heavy (non-hydrogen) atoms. The summed E-state index contributed by atoms with van der Waals surface area (Å²) >= 11 is 0. The standard InChI is InChI=1S/C13H15N3O/c1-8-9(2)16-7-11(5-6-12(16)14-8)15-13(17)10-3-4-10/h5-7,10H,3-4H2,1-2H3,(H,15,17). The number of pyridine rings is 1. The van der Waals surface area contributed by atoms with Crippen molar-refractivity contribution in [2.45, 2.75) is 26.7 Å². The van der Waals surface area contributed by atoms with Gasteiger partial charge in [0.25, 0.3) is 0 Å². The minimum atomic E-state index is 0.138. The third kappa shape index (κ3) is 1.79. The summed E-state index contributed by atoms with van der Waals surface area (Å²) < 4.78 is 2.01. The summed E-state index contributed by atoms with van der Waals surface area (Å²) in [6.07, 6.45) is 3.99. The highest BCUT2D eigenvalue weighted by molar-refractivity contribution is 5.94. The number of nitrogens with one attached hydrogen (secondary N) is 1. The Morgan fingerprint density at radius 1 is 1.41 bits per heavy atom. The molecule has 1 aliphatic carbocycles. The maximum absolute atomic E-state index is 11.7. The van der Waals surface area contributed by atoms with Gasteiger partial charge in [0.15, 0.2) is 0 Å². The van der Waals surface area contributed by atoms with Crippen LogP contribution in [0.5, 0.6) is 0 Å². The van der Waals surface area contributed by atoms with Crippen LogP contribution in [0.1, 0.15) is 24.2 Å². The quantitative estimate of drug-likeness (QED) is 0.858. The summed E-state index contributed by atoms with van der Waals surface area (Å²) in [5, 5.41) is 2.94. The van der Waals surface area contributed by atoms with E-state index in [9.17, 15) is 4.79 Å². The molecular formula is C13H15N3O. The molecule has 0 spiro atoms. The van der Waals surface area contributed by atoms with Crippen molar-refractivity contribution in [3.05, 3.63) is 29.7 Å². The van der Waals surface area contributed by atoms with E-state index in [2.05, 4.69) is 10.3 Å². The second-order valence-corrected chi connectivity index (χ2v) is 4.69. The van der Waals surface area contributed by atoms with Crippen LogP contribution in [0.4, 0.5) is 5.69 Å². The number of amides is 1. The van der Waals surface area contributed by atoms with Gasteiger partial charge in [-0.3, -0.25) is 4.79 Å². The van der Waals surface area contributed by atoms with Crippen molar-refractivity contribution < 1.29 is 4.79 Å². The van der Waals surface area contributed by atoms with Crippen molar-refractivity contribution in [3.8, 4) is 0 Å². The molecule has 1 saturated carbocycles. The van der Waals surface area contributed by atoms with E-state index in [4.69, 9.17) is 0 Å². The van der Waals surface area contributed by atoms with Crippen LogP contribution in [-0.4, -0.2) is 15.3 Å². The second kappa shape index (κ2) is 3.58. The van der Waals surface area contributed by atoms with Crippen LogP contribution >= 0.6 is 0 Å². The Morgan fingerprint density at radius 2 is 2.18 bits per heavy atom. The second-order valence-electron chi connectivity index (χ2n) is 4.69. The van der Waals surface area contributed by atoms with E-state index < -0.39 is 0 Å². The number of aromatic nitrogens is 2. The van der Waals surface area contributed by atoms with Gasteiger partial charge in [-0.2, -0.15) is 0 Å². The zero-order valence-electron chi connectivity index (χ0n) is 10.0. The number of carbonyl (C=O) groups excluding carboxylic acids is 1. The van der Waals surface area contributed by atoms with Crippen molar-refractivity contribution in [1.82, 2.24) is 9.38 Å². The van der Waals surface area contributed by atoms with Crippen LogP contribution < -0.4 is 5.32 Å².